The largest absolute Gasteiger partial charge is 0.321 e. The molecule has 1 saturated heterocycles. The molecule has 1 aliphatic rings. The fourth-order valence-corrected chi connectivity index (χ4v) is 4.51. The van der Waals surface area contributed by atoms with Crippen molar-refractivity contribution in [2.75, 3.05) is 45.1 Å². The number of carbonyl (C=O) groups is 1. The van der Waals surface area contributed by atoms with Crippen molar-refractivity contribution in [3.63, 3.8) is 0 Å². The molecule has 4 rings (SSSR count). The van der Waals surface area contributed by atoms with Crippen molar-refractivity contribution in [2.45, 2.75) is 13.3 Å². The summed E-state index contributed by atoms with van der Waals surface area (Å²) >= 11 is 1.50. The third kappa shape index (κ3) is 5.14. The Bertz CT molecular complexity index is 990. The Balaban J connectivity index is 1.32. The van der Waals surface area contributed by atoms with Crippen molar-refractivity contribution in [2.24, 2.45) is 0 Å². The maximum Gasteiger partial charge on any atom is 0.275 e. The summed E-state index contributed by atoms with van der Waals surface area (Å²) in [6.07, 6.45) is 1.03. The van der Waals surface area contributed by atoms with E-state index in [0.717, 1.165) is 61.0 Å². The van der Waals surface area contributed by atoms with Gasteiger partial charge in [-0.1, -0.05) is 36.4 Å². The van der Waals surface area contributed by atoms with Gasteiger partial charge in [0, 0.05) is 49.4 Å². The molecule has 0 spiro atoms. The molecule has 1 aliphatic heterocycles. The van der Waals surface area contributed by atoms with Gasteiger partial charge in [-0.2, -0.15) is 0 Å². The number of piperazine rings is 1. The molecule has 0 bridgehead atoms. The zero-order chi connectivity index (χ0) is 20.9. The Morgan fingerprint density at radius 1 is 1.07 bits per heavy atom. The van der Waals surface area contributed by atoms with Crippen molar-refractivity contribution in [3.8, 4) is 10.6 Å². The highest BCUT2D eigenvalue weighted by Gasteiger charge is 2.14. The van der Waals surface area contributed by atoms with Gasteiger partial charge in [-0.3, -0.25) is 4.79 Å². The van der Waals surface area contributed by atoms with Crippen LogP contribution < -0.4 is 5.32 Å². The third-order valence-electron chi connectivity index (χ3n) is 5.64. The van der Waals surface area contributed by atoms with Gasteiger partial charge < -0.3 is 15.1 Å². The predicted molar refractivity (Wildman–Crippen MR) is 124 cm³/mol. The van der Waals surface area contributed by atoms with E-state index >= 15 is 0 Å². The van der Waals surface area contributed by atoms with Crippen LogP contribution in [0, 0.1) is 6.92 Å². The second kappa shape index (κ2) is 9.51. The van der Waals surface area contributed by atoms with E-state index in [2.05, 4.69) is 52.3 Å². The van der Waals surface area contributed by atoms with Gasteiger partial charge in [0.1, 0.15) is 10.7 Å². The van der Waals surface area contributed by atoms with Gasteiger partial charge >= 0.3 is 0 Å². The molecule has 0 unspecified atom stereocenters. The molecule has 1 aromatic heterocycles. The highest BCUT2D eigenvalue weighted by atomic mass is 32.1. The molecule has 1 N–H and O–H groups in total. The molecule has 1 fully saturated rings. The molecule has 2 heterocycles. The number of carbonyl (C=O) groups excluding carboxylic acids is 1. The standard InChI is InChI=1S/C24H28N4OS/c1-18-5-3-4-6-21(18)24-26-22(17-30-24)23(29)25-20-9-7-19(8-10-20)11-12-28-15-13-27(2)14-16-28/h3-10,17H,11-16H2,1-2H3,(H,25,29). The lowest BCUT2D eigenvalue weighted by Crippen LogP contribution is -2.45. The van der Waals surface area contributed by atoms with Crippen molar-refractivity contribution < 1.29 is 4.79 Å². The molecule has 0 radical (unpaired) electrons. The lowest BCUT2D eigenvalue weighted by Gasteiger charge is -2.32. The van der Waals surface area contributed by atoms with E-state index in [4.69, 9.17) is 0 Å². The van der Waals surface area contributed by atoms with Crippen LogP contribution >= 0.6 is 11.3 Å². The summed E-state index contributed by atoms with van der Waals surface area (Å²) in [5, 5.41) is 5.66. The normalized spacial score (nSPS) is 15.3. The Kier molecular flexibility index (Phi) is 6.57. The third-order valence-corrected chi connectivity index (χ3v) is 6.51. The minimum Gasteiger partial charge on any atom is -0.321 e. The van der Waals surface area contributed by atoms with Crippen LogP contribution in [0.5, 0.6) is 0 Å². The summed E-state index contributed by atoms with van der Waals surface area (Å²) in [5.41, 5.74) is 4.78. The van der Waals surface area contributed by atoms with Gasteiger partial charge in [-0.25, -0.2) is 4.98 Å². The fourth-order valence-electron chi connectivity index (χ4n) is 3.62. The average molecular weight is 421 g/mol. The molecule has 0 atom stereocenters. The topological polar surface area (TPSA) is 48.5 Å². The van der Waals surface area contributed by atoms with E-state index in [1.165, 1.54) is 16.9 Å². The first kappa shape index (κ1) is 20.7. The summed E-state index contributed by atoms with van der Waals surface area (Å²) in [6.45, 7) is 7.72. The number of benzene rings is 2. The number of nitrogens with one attached hydrogen (secondary N) is 1. The number of rotatable bonds is 6. The number of anilines is 1. The van der Waals surface area contributed by atoms with Crippen LogP contribution in [0.3, 0.4) is 0 Å². The van der Waals surface area contributed by atoms with E-state index in [1.54, 1.807) is 0 Å². The summed E-state index contributed by atoms with van der Waals surface area (Å²) < 4.78 is 0. The zero-order valence-corrected chi connectivity index (χ0v) is 18.4. The smallest absolute Gasteiger partial charge is 0.275 e. The molecule has 5 nitrogen and oxygen atoms in total. The number of nitrogens with zero attached hydrogens (tertiary/aromatic N) is 3. The minimum absolute atomic E-state index is 0.170. The van der Waals surface area contributed by atoms with Crippen LogP contribution in [-0.2, 0) is 6.42 Å². The van der Waals surface area contributed by atoms with Crippen LogP contribution in [-0.4, -0.2) is 60.5 Å². The maximum absolute atomic E-state index is 12.6. The molecular formula is C24H28N4OS. The number of amides is 1. The molecule has 1 amide bonds. The molecule has 3 aromatic rings. The van der Waals surface area contributed by atoms with Crippen LogP contribution in [0.1, 0.15) is 21.6 Å². The first-order chi connectivity index (χ1) is 14.6. The number of aromatic nitrogens is 1. The lowest BCUT2D eigenvalue weighted by molar-refractivity contribution is 0.102. The monoisotopic (exact) mass is 420 g/mol. The molecular weight excluding hydrogens is 392 g/mol. The van der Waals surface area contributed by atoms with E-state index in [-0.39, 0.29) is 5.91 Å². The number of aryl methyl sites for hydroxylation is 1. The molecule has 2 aromatic carbocycles. The van der Waals surface area contributed by atoms with E-state index in [1.807, 2.05) is 35.7 Å². The van der Waals surface area contributed by atoms with Gasteiger partial charge in [0.05, 0.1) is 0 Å². The summed E-state index contributed by atoms with van der Waals surface area (Å²) in [5.74, 6) is -0.170. The summed E-state index contributed by atoms with van der Waals surface area (Å²) in [7, 11) is 2.18. The highest BCUT2D eigenvalue weighted by molar-refractivity contribution is 7.13. The van der Waals surface area contributed by atoms with Crippen molar-refractivity contribution >= 4 is 22.9 Å². The summed E-state index contributed by atoms with van der Waals surface area (Å²) in [4.78, 5) is 22.0. The predicted octanol–water partition coefficient (Wildman–Crippen LogP) is 4.16. The van der Waals surface area contributed by atoms with Crippen molar-refractivity contribution in [3.05, 3.63) is 70.7 Å². The van der Waals surface area contributed by atoms with Crippen molar-refractivity contribution in [1.82, 2.24) is 14.8 Å². The van der Waals surface area contributed by atoms with Gasteiger partial charge in [0.15, 0.2) is 0 Å². The first-order valence-corrected chi connectivity index (χ1v) is 11.3. The second-order valence-corrected chi connectivity index (χ2v) is 8.76. The maximum atomic E-state index is 12.6. The Morgan fingerprint density at radius 3 is 2.53 bits per heavy atom. The molecule has 30 heavy (non-hydrogen) atoms. The van der Waals surface area contributed by atoms with Crippen LogP contribution in [0.15, 0.2) is 53.9 Å². The Morgan fingerprint density at radius 2 is 1.80 bits per heavy atom. The number of thiazole rings is 1. The van der Waals surface area contributed by atoms with Crippen LogP contribution in [0.2, 0.25) is 0 Å². The van der Waals surface area contributed by atoms with Gasteiger partial charge in [0.2, 0.25) is 0 Å². The van der Waals surface area contributed by atoms with Crippen LogP contribution in [0.25, 0.3) is 10.6 Å². The average Bonchev–Trinajstić information content (AvgIpc) is 3.25. The number of hydrogen-bond acceptors (Lipinski definition) is 5. The molecule has 0 saturated carbocycles. The summed E-state index contributed by atoms with van der Waals surface area (Å²) in [6, 6.07) is 16.3. The molecule has 6 heteroatoms. The highest BCUT2D eigenvalue weighted by Crippen LogP contribution is 2.27. The van der Waals surface area contributed by atoms with E-state index < -0.39 is 0 Å². The van der Waals surface area contributed by atoms with Crippen LogP contribution in [0.4, 0.5) is 5.69 Å². The van der Waals surface area contributed by atoms with Gasteiger partial charge in [-0.15, -0.1) is 11.3 Å². The molecule has 0 aliphatic carbocycles. The number of likely N-dealkylation sites (N-methyl/N-ethyl adjacent to an activating group) is 1. The lowest BCUT2D eigenvalue weighted by atomic mass is 10.1. The zero-order valence-electron chi connectivity index (χ0n) is 17.6. The minimum atomic E-state index is -0.170. The Labute approximate surface area is 182 Å². The van der Waals surface area contributed by atoms with Gasteiger partial charge in [0.25, 0.3) is 5.91 Å². The van der Waals surface area contributed by atoms with Crippen molar-refractivity contribution in [1.29, 1.82) is 0 Å². The quantitative estimate of drug-likeness (QED) is 0.651. The SMILES string of the molecule is Cc1ccccc1-c1nc(C(=O)Nc2ccc(CCN3CCN(C)CC3)cc2)cs1. The first-order valence-electron chi connectivity index (χ1n) is 10.4. The number of hydrogen-bond donors (Lipinski definition) is 1. The molecule has 156 valence electrons. The fraction of sp³-hybridized carbons (Fsp3) is 0.333. The van der Waals surface area contributed by atoms with E-state index in [0.29, 0.717) is 5.69 Å². The second-order valence-electron chi connectivity index (χ2n) is 7.90. The van der Waals surface area contributed by atoms with E-state index in [9.17, 15) is 4.79 Å². The Hall–Kier alpha value is -2.54. The van der Waals surface area contributed by atoms with Gasteiger partial charge in [-0.05, 0) is 43.7 Å².